The van der Waals surface area contributed by atoms with Crippen molar-refractivity contribution < 1.29 is 9.59 Å². The second kappa shape index (κ2) is 9.46. The van der Waals surface area contributed by atoms with Crippen LogP contribution in [0.5, 0.6) is 0 Å². The van der Waals surface area contributed by atoms with Crippen molar-refractivity contribution in [2.24, 2.45) is 5.92 Å². The van der Waals surface area contributed by atoms with E-state index in [2.05, 4.69) is 16.0 Å². The van der Waals surface area contributed by atoms with E-state index in [0.29, 0.717) is 39.4 Å². The quantitative estimate of drug-likeness (QED) is 0.651. The van der Waals surface area contributed by atoms with Gasteiger partial charge in [-0.25, -0.2) is 0 Å². The summed E-state index contributed by atoms with van der Waals surface area (Å²) in [7, 11) is 0. The Morgan fingerprint density at radius 1 is 1.00 bits per heavy atom. The predicted molar refractivity (Wildman–Crippen MR) is 107 cm³/mol. The van der Waals surface area contributed by atoms with Gasteiger partial charge in [0.2, 0.25) is 5.91 Å². The molecule has 2 rings (SSSR count). The van der Waals surface area contributed by atoms with Crippen LogP contribution in [0.1, 0.15) is 24.2 Å². The lowest BCUT2D eigenvalue weighted by atomic mass is 10.1. The van der Waals surface area contributed by atoms with Crippen molar-refractivity contribution in [3.63, 3.8) is 0 Å². The largest absolute Gasteiger partial charge is 0.375 e. The molecule has 0 atom stereocenters. The molecule has 7 heteroatoms. The maximum Gasteiger partial charge on any atom is 0.253 e. The number of halogens is 2. The summed E-state index contributed by atoms with van der Waals surface area (Å²) < 4.78 is 0. The number of amides is 2. The van der Waals surface area contributed by atoms with Crippen LogP contribution in [0.2, 0.25) is 10.0 Å². The highest BCUT2D eigenvalue weighted by molar-refractivity contribution is 6.43. The summed E-state index contributed by atoms with van der Waals surface area (Å²) in [6.07, 6.45) is 0. The van der Waals surface area contributed by atoms with E-state index in [0.717, 1.165) is 0 Å². The first kappa shape index (κ1) is 20.1. The van der Waals surface area contributed by atoms with Gasteiger partial charge in [-0.3, -0.25) is 9.59 Å². The zero-order valence-corrected chi connectivity index (χ0v) is 16.1. The highest BCUT2D eigenvalue weighted by atomic mass is 35.5. The highest BCUT2D eigenvalue weighted by Crippen LogP contribution is 2.29. The summed E-state index contributed by atoms with van der Waals surface area (Å²) in [4.78, 5) is 24.5. The Balaban J connectivity index is 2.00. The zero-order valence-electron chi connectivity index (χ0n) is 14.6. The van der Waals surface area contributed by atoms with Gasteiger partial charge in [0, 0.05) is 6.54 Å². The third-order valence-corrected chi connectivity index (χ3v) is 4.33. The van der Waals surface area contributed by atoms with Crippen LogP contribution in [0.3, 0.4) is 0 Å². The average molecular weight is 394 g/mol. The van der Waals surface area contributed by atoms with Crippen LogP contribution >= 0.6 is 23.2 Å². The molecule has 0 aliphatic rings. The maximum absolute atomic E-state index is 12.3. The van der Waals surface area contributed by atoms with Gasteiger partial charge in [0.25, 0.3) is 5.91 Å². The molecule has 5 nitrogen and oxygen atoms in total. The first-order valence-electron chi connectivity index (χ1n) is 8.23. The van der Waals surface area contributed by atoms with Crippen molar-refractivity contribution >= 4 is 46.4 Å². The Morgan fingerprint density at radius 3 is 2.42 bits per heavy atom. The summed E-state index contributed by atoms with van der Waals surface area (Å²) >= 11 is 12.0. The van der Waals surface area contributed by atoms with E-state index in [4.69, 9.17) is 23.2 Å². The summed E-state index contributed by atoms with van der Waals surface area (Å²) in [5.74, 6) is -0.182. The first-order chi connectivity index (χ1) is 12.4. The molecule has 3 N–H and O–H groups in total. The van der Waals surface area contributed by atoms with E-state index in [1.54, 1.807) is 42.5 Å². The van der Waals surface area contributed by atoms with Crippen LogP contribution in [0.4, 0.5) is 11.4 Å². The second-order valence-electron chi connectivity index (χ2n) is 6.15. The third-order valence-electron chi connectivity index (χ3n) is 3.51. The minimum absolute atomic E-state index is 0.0119. The van der Waals surface area contributed by atoms with Crippen molar-refractivity contribution in [2.75, 3.05) is 23.7 Å². The number of rotatable bonds is 7. The fraction of sp³-hybridized carbons (Fsp3) is 0.263. The van der Waals surface area contributed by atoms with Gasteiger partial charge in [-0.15, -0.1) is 0 Å². The number of nitrogens with one attached hydrogen (secondary N) is 3. The van der Waals surface area contributed by atoms with Gasteiger partial charge in [0.05, 0.1) is 33.5 Å². The van der Waals surface area contributed by atoms with E-state index in [9.17, 15) is 9.59 Å². The minimum Gasteiger partial charge on any atom is -0.375 e. The minimum atomic E-state index is -0.301. The molecule has 0 aromatic heterocycles. The first-order valence-corrected chi connectivity index (χ1v) is 8.99. The van der Waals surface area contributed by atoms with Gasteiger partial charge in [-0.05, 0) is 30.2 Å². The lowest BCUT2D eigenvalue weighted by Crippen LogP contribution is -2.29. The number of hydrogen-bond donors (Lipinski definition) is 3. The lowest BCUT2D eigenvalue weighted by molar-refractivity contribution is -0.114. The van der Waals surface area contributed by atoms with Gasteiger partial charge in [0.1, 0.15) is 0 Å². The fourth-order valence-corrected chi connectivity index (χ4v) is 2.56. The van der Waals surface area contributed by atoms with Crippen LogP contribution in [0.25, 0.3) is 0 Å². The molecule has 0 saturated heterocycles. The Bertz CT molecular complexity index is 794. The molecule has 0 fully saturated rings. The Labute approximate surface area is 163 Å². The van der Waals surface area contributed by atoms with Crippen molar-refractivity contribution in [3.05, 3.63) is 58.1 Å². The zero-order chi connectivity index (χ0) is 19.1. The Kier molecular flexibility index (Phi) is 7.30. The number of carbonyl (C=O) groups excluding carboxylic acids is 2. The smallest absolute Gasteiger partial charge is 0.253 e. The van der Waals surface area contributed by atoms with E-state index in [1.165, 1.54) is 0 Å². The van der Waals surface area contributed by atoms with E-state index in [1.807, 2.05) is 13.8 Å². The molecule has 0 unspecified atom stereocenters. The predicted octanol–water partition coefficient (Wildman–Crippen LogP) is 4.43. The molecular formula is C19H21Cl2N3O2. The number of anilines is 2. The number of carbonyl (C=O) groups is 2. The molecule has 0 radical (unpaired) electrons. The molecule has 2 aromatic rings. The molecular weight excluding hydrogens is 373 g/mol. The molecule has 0 saturated carbocycles. The monoisotopic (exact) mass is 393 g/mol. The van der Waals surface area contributed by atoms with Crippen molar-refractivity contribution in [1.82, 2.24) is 5.32 Å². The van der Waals surface area contributed by atoms with Crippen LogP contribution < -0.4 is 16.0 Å². The molecule has 2 amide bonds. The van der Waals surface area contributed by atoms with Crippen molar-refractivity contribution in [1.29, 1.82) is 0 Å². The summed E-state index contributed by atoms with van der Waals surface area (Å²) in [5, 5.41) is 9.29. The maximum atomic E-state index is 12.3. The van der Waals surface area contributed by atoms with Crippen molar-refractivity contribution in [3.8, 4) is 0 Å². The normalized spacial score (nSPS) is 10.5. The van der Waals surface area contributed by atoms with Gasteiger partial charge >= 0.3 is 0 Å². The summed E-state index contributed by atoms with van der Waals surface area (Å²) in [5.41, 5.74) is 1.44. The van der Waals surface area contributed by atoms with Gasteiger partial charge in [0.15, 0.2) is 0 Å². The molecule has 0 aliphatic carbocycles. The van der Waals surface area contributed by atoms with Gasteiger partial charge in [-0.2, -0.15) is 0 Å². The molecule has 138 valence electrons. The number of hydrogen-bond acceptors (Lipinski definition) is 3. The molecule has 0 heterocycles. The van der Waals surface area contributed by atoms with Crippen molar-refractivity contribution in [2.45, 2.75) is 13.8 Å². The van der Waals surface area contributed by atoms with Crippen LogP contribution in [0.15, 0.2) is 42.5 Å². The van der Waals surface area contributed by atoms with Crippen LogP contribution in [-0.2, 0) is 4.79 Å². The average Bonchev–Trinajstić information content (AvgIpc) is 2.61. The van der Waals surface area contributed by atoms with Crippen LogP contribution in [0, 0.1) is 5.92 Å². The number of benzene rings is 2. The second-order valence-corrected chi connectivity index (χ2v) is 6.94. The molecule has 0 aliphatic heterocycles. The van der Waals surface area contributed by atoms with Gasteiger partial charge in [-0.1, -0.05) is 55.2 Å². The summed E-state index contributed by atoms with van der Waals surface area (Å²) in [6.45, 7) is 4.58. The van der Waals surface area contributed by atoms with E-state index in [-0.39, 0.29) is 18.4 Å². The van der Waals surface area contributed by atoms with Gasteiger partial charge < -0.3 is 16.0 Å². The van der Waals surface area contributed by atoms with Crippen LogP contribution in [-0.4, -0.2) is 24.9 Å². The Morgan fingerprint density at radius 2 is 1.69 bits per heavy atom. The SMILES string of the molecule is CC(C)CNC(=O)c1ccccc1NC(=O)CNc1cccc(Cl)c1Cl. The molecule has 26 heavy (non-hydrogen) atoms. The third kappa shape index (κ3) is 5.64. The number of para-hydroxylation sites is 1. The highest BCUT2D eigenvalue weighted by Gasteiger charge is 2.13. The standard InChI is InChI=1S/C19H21Cl2N3O2/c1-12(2)10-23-19(26)13-6-3-4-8-15(13)24-17(25)11-22-16-9-5-7-14(20)18(16)21/h3-9,12,22H,10-11H2,1-2H3,(H,23,26)(H,24,25). The summed E-state index contributed by atoms with van der Waals surface area (Å²) in [6, 6.07) is 12.0. The Hall–Kier alpha value is -2.24. The molecule has 2 aromatic carbocycles. The molecule has 0 bridgehead atoms. The van der Waals surface area contributed by atoms with E-state index >= 15 is 0 Å². The fourth-order valence-electron chi connectivity index (χ4n) is 2.19. The molecule has 0 spiro atoms. The topological polar surface area (TPSA) is 70.2 Å². The lowest BCUT2D eigenvalue weighted by Gasteiger charge is -2.13. The van der Waals surface area contributed by atoms with E-state index < -0.39 is 0 Å².